The third-order valence-corrected chi connectivity index (χ3v) is 5.30. The Labute approximate surface area is 148 Å². The van der Waals surface area contributed by atoms with Crippen molar-refractivity contribution < 1.29 is 13.2 Å². The highest BCUT2D eigenvalue weighted by molar-refractivity contribution is 7.89. The molecule has 1 heterocycles. The Morgan fingerprint density at radius 3 is 2.60 bits per heavy atom. The Morgan fingerprint density at radius 2 is 1.88 bits per heavy atom. The van der Waals surface area contributed by atoms with Crippen LogP contribution in [-0.2, 0) is 16.6 Å². The summed E-state index contributed by atoms with van der Waals surface area (Å²) >= 11 is 1.18. The van der Waals surface area contributed by atoms with Crippen LogP contribution in [0.1, 0.15) is 15.9 Å². The van der Waals surface area contributed by atoms with Crippen molar-refractivity contribution in [2.24, 2.45) is 0 Å². The Morgan fingerprint density at radius 1 is 1.08 bits per heavy atom. The summed E-state index contributed by atoms with van der Waals surface area (Å²) in [4.78, 5) is 12.2. The third kappa shape index (κ3) is 4.47. The number of hydrogen-bond acceptors (Lipinski definition) is 6. The van der Waals surface area contributed by atoms with Crippen molar-refractivity contribution in [1.82, 2.24) is 14.9 Å². The molecule has 2 N–H and O–H groups in total. The molecular weight excluding hydrogens is 360 g/mol. The van der Waals surface area contributed by atoms with E-state index in [9.17, 15) is 13.2 Å². The summed E-state index contributed by atoms with van der Waals surface area (Å²) in [6.45, 7) is 0.171. The summed E-state index contributed by atoms with van der Waals surface area (Å²) in [5, 5.41) is 10.3. The maximum absolute atomic E-state index is 12.4. The number of sulfonamides is 1. The molecule has 128 valence electrons. The first kappa shape index (κ1) is 17.2. The number of benzene rings is 2. The molecule has 0 saturated heterocycles. The standard InChI is InChI=1S/C16H14N4O3S2/c21-15(19-16-20-17-11-24-16)13-7-4-8-14(9-13)25(22,23)18-10-12-5-2-1-3-6-12/h1-9,11,18H,10H2,(H,19,20,21). The monoisotopic (exact) mass is 374 g/mol. The van der Waals surface area contributed by atoms with Crippen LogP contribution in [0.4, 0.5) is 5.13 Å². The molecule has 3 rings (SSSR count). The summed E-state index contributed by atoms with van der Waals surface area (Å²) in [5.74, 6) is -0.447. The lowest BCUT2D eigenvalue weighted by Gasteiger charge is -2.08. The van der Waals surface area contributed by atoms with Gasteiger partial charge >= 0.3 is 0 Å². The molecule has 25 heavy (non-hydrogen) atoms. The van der Waals surface area contributed by atoms with Crippen molar-refractivity contribution in [3.63, 3.8) is 0 Å². The van der Waals surface area contributed by atoms with E-state index in [0.717, 1.165) is 5.56 Å². The summed E-state index contributed by atoms with van der Waals surface area (Å²) in [5.41, 5.74) is 2.55. The van der Waals surface area contributed by atoms with Crippen LogP contribution in [0, 0.1) is 0 Å². The second kappa shape index (κ2) is 7.51. The molecule has 0 unspecified atom stereocenters. The molecule has 3 aromatic rings. The Bertz CT molecular complexity index is 958. The smallest absolute Gasteiger partial charge is 0.257 e. The predicted molar refractivity (Wildman–Crippen MR) is 94.8 cm³/mol. The van der Waals surface area contributed by atoms with E-state index in [2.05, 4.69) is 20.2 Å². The topological polar surface area (TPSA) is 101 Å². The molecule has 0 bridgehead atoms. The lowest BCUT2D eigenvalue weighted by atomic mass is 10.2. The normalized spacial score (nSPS) is 11.2. The van der Waals surface area contributed by atoms with Gasteiger partial charge < -0.3 is 0 Å². The van der Waals surface area contributed by atoms with E-state index < -0.39 is 15.9 Å². The number of nitrogens with zero attached hydrogens (tertiary/aromatic N) is 2. The fraction of sp³-hybridized carbons (Fsp3) is 0.0625. The van der Waals surface area contributed by atoms with Crippen molar-refractivity contribution in [3.8, 4) is 0 Å². The van der Waals surface area contributed by atoms with Gasteiger partial charge in [-0.3, -0.25) is 10.1 Å². The van der Waals surface area contributed by atoms with Crippen molar-refractivity contribution in [2.45, 2.75) is 11.4 Å². The molecule has 0 fully saturated rings. The summed E-state index contributed by atoms with van der Waals surface area (Å²) in [6.07, 6.45) is 0. The van der Waals surface area contributed by atoms with Crippen LogP contribution in [0.3, 0.4) is 0 Å². The fourth-order valence-electron chi connectivity index (χ4n) is 2.06. The van der Waals surface area contributed by atoms with Gasteiger partial charge in [-0.2, -0.15) is 0 Å². The van der Waals surface area contributed by atoms with E-state index in [1.54, 1.807) is 0 Å². The predicted octanol–water partition coefficient (Wildman–Crippen LogP) is 2.27. The number of nitrogens with one attached hydrogen (secondary N) is 2. The number of aromatic nitrogens is 2. The Hall–Kier alpha value is -2.62. The first-order valence-corrected chi connectivity index (χ1v) is 9.62. The van der Waals surface area contributed by atoms with Gasteiger partial charge in [0.1, 0.15) is 5.51 Å². The van der Waals surface area contributed by atoms with Crippen LogP contribution >= 0.6 is 11.3 Å². The van der Waals surface area contributed by atoms with Gasteiger partial charge in [0, 0.05) is 12.1 Å². The molecule has 0 saturated carbocycles. The minimum absolute atomic E-state index is 0.0216. The number of carbonyl (C=O) groups is 1. The average Bonchev–Trinajstić information content (AvgIpc) is 3.14. The highest BCUT2D eigenvalue weighted by Gasteiger charge is 2.16. The molecule has 7 nitrogen and oxygen atoms in total. The van der Waals surface area contributed by atoms with E-state index >= 15 is 0 Å². The van der Waals surface area contributed by atoms with Crippen molar-refractivity contribution >= 4 is 32.4 Å². The molecule has 0 aliphatic heterocycles. The first-order valence-electron chi connectivity index (χ1n) is 7.26. The molecule has 0 spiro atoms. The molecule has 0 radical (unpaired) electrons. The van der Waals surface area contributed by atoms with Gasteiger partial charge in [-0.15, -0.1) is 10.2 Å². The number of amides is 1. The number of carbonyl (C=O) groups excluding carboxylic acids is 1. The molecule has 0 atom stereocenters. The van der Waals surface area contributed by atoms with Crippen molar-refractivity contribution in [2.75, 3.05) is 5.32 Å². The van der Waals surface area contributed by atoms with E-state index in [1.807, 2.05) is 30.3 Å². The zero-order chi connectivity index (χ0) is 17.7. The van der Waals surface area contributed by atoms with Crippen LogP contribution in [0.5, 0.6) is 0 Å². The molecule has 2 aromatic carbocycles. The van der Waals surface area contributed by atoms with Gasteiger partial charge in [0.25, 0.3) is 5.91 Å². The Kier molecular flexibility index (Phi) is 5.17. The maximum atomic E-state index is 12.4. The zero-order valence-electron chi connectivity index (χ0n) is 12.9. The van der Waals surface area contributed by atoms with Crippen LogP contribution in [0.15, 0.2) is 65.0 Å². The highest BCUT2D eigenvalue weighted by atomic mass is 32.2. The average molecular weight is 374 g/mol. The van der Waals surface area contributed by atoms with Gasteiger partial charge in [-0.05, 0) is 23.8 Å². The second-order valence-corrected chi connectivity index (χ2v) is 7.64. The van der Waals surface area contributed by atoms with Gasteiger partial charge in [0.05, 0.1) is 4.90 Å². The van der Waals surface area contributed by atoms with Gasteiger partial charge in [0.2, 0.25) is 15.2 Å². The molecule has 0 aliphatic carbocycles. The van der Waals surface area contributed by atoms with Crippen molar-refractivity contribution in [1.29, 1.82) is 0 Å². The van der Waals surface area contributed by atoms with Crippen LogP contribution in [-0.4, -0.2) is 24.5 Å². The van der Waals surface area contributed by atoms with E-state index in [4.69, 9.17) is 0 Å². The van der Waals surface area contributed by atoms with Crippen LogP contribution in [0.2, 0.25) is 0 Å². The van der Waals surface area contributed by atoms with Crippen LogP contribution in [0.25, 0.3) is 0 Å². The second-order valence-electron chi connectivity index (χ2n) is 5.04. The third-order valence-electron chi connectivity index (χ3n) is 3.30. The van der Waals surface area contributed by atoms with Gasteiger partial charge in [-0.1, -0.05) is 47.7 Å². The molecule has 1 aromatic heterocycles. The first-order chi connectivity index (χ1) is 12.0. The fourth-order valence-corrected chi connectivity index (χ4v) is 3.56. The lowest BCUT2D eigenvalue weighted by molar-refractivity contribution is 0.102. The minimum Gasteiger partial charge on any atom is -0.296 e. The molecule has 0 aliphatic rings. The maximum Gasteiger partial charge on any atom is 0.257 e. The summed E-state index contributed by atoms with van der Waals surface area (Å²) in [6, 6.07) is 15.0. The largest absolute Gasteiger partial charge is 0.296 e. The highest BCUT2D eigenvalue weighted by Crippen LogP contribution is 2.15. The number of rotatable bonds is 6. The quantitative estimate of drug-likeness (QED) is 0.689. The van der Waals surface area contributed by atoms with E-state index in [1.165, 1.54) is 41.1 Å². The summed E-state index contributed by atoms with van der Waals surface area (Å²) in [7, 11) is -3.73. The van der Waals surface area contributed by atoms with Gasteiger partial charge in [0.15, 0.2) is 0 Å². The minimum atomic E-state index is -3.73. The lowest BCUT2D eigenvalue weighted by Crippen LogP contribution is -2.23. The van der Waals surface area contributed by atoms with E-state index in [0.29, 0.717) is 5.13 Å². The SMILES string of the molecule is O=C(Nc1nncs1)c1cccc(S(=O)(=O)NCc2ccccc2)c1. The number of anilines is 1. The summed E-state index contributed by atoms with van der Waals surface area (Å²) < 4.78 is 27.4. The molecule has 9 heteroatoms. The number of hydrogen-bond donors (Lipinski definition) is 2. The van der Waals surface area contributed by atoms with E-state index in [-0.39, 0.29) is 17.0 Å². The molecular formula is C16H14N4O3S2. The van der Waals surface area contributed by atoms with Crippen molar-refractivity contribution in [3.05, 3.63) is 71.2 Å². The van der Waals surface area contributed by atoms with Gasteiger partial charge in [-0.25, -0.2) is 13.1 Å². The van der Waals surface area contributed by atoms with Crippen LogP contribution < -0.4 is 10.0 Å². The zero-order valence-corrected chi connectivity index (χ0v) is 14.5. The Balaban J connectivity index is 1.74. The molecule has 1 amide bonds.